The molecule has 136 valence electrons. The fraction of sp³-hybridized carbons (Fsp3) is 0.0500. The zero-order valence-corrected chi connectivity index (χ0v) is 14.9. The Labute approximate surface area is 160 Å². The van der Waals surface area contributed by atoms with E-state index in [9.17, 15) is 4.79 Å². The molecule has 0 spiro atoms. The van der Waals surface area contributed by atoms with E-state index in [1.54, 1.807) is 66.6 Å². The molecule has 1 aromatic carbocycles. The third-order valence-electron chi connectivity index (χ3n) is 4.39. The second-order valence-corrected chi connectivity index (χ2v) is 6.14. The fourth-order valence-corrected chi connectivity index (χ4v) is 2.82. The van der Waals surface area contributed by atoms with Crippen molar-refractivity contribution < 1.29 is 4.79 Å². The Morgan fingerprint density at radius 1 is 1.07 bits per heavy atom. The molecule has 3 aromatic heterocycles. The zero-order valence-electron chi connectivity index (χ0n) is 14.9. The molecule has 3 heterocycles. The van der Waals surface area contributed by atoms with Crippen molar-refractivity contribution in [3.63, 3.8) is 0 Å². The Hall–Kier alpha value is -4.25. The van der Waals surface area contributed by atoms with Crippen LogP contribution in [0.4, 0.5) is 11.5 Å². The van der Waals surface area contributed by atoms with Gasteiger partial charge in [0, 0.05) is 30.7 Å². The third-order valence-corrected chi connectivity index (χ3v) is 4.39. The van der Waals surface area contributed by atoms with Crippen LogP contribution in [0.5, 0.6) is 0 Å². The molecule has 4 aromatic rings. The summed E-state index contributed by atoms with van der Waals surface area (Å²) in [5.74, 6) is 0.154. The second kappa shape index (κ2) is 6.81. The van der Waals surface area contributed by atoms with Gasteiger partial charge >= 0.3 is 0 Å². The predicted molar refractivity (Wildman–Crippen MR) is 105 cm³/mol. The van der Waals surface area contributed by atoms with Crippen molar-refractivity contribution in [2.75, 3.05) is 17.7 Å². The summed E-state index contributed by atoms with van der Waals surface area (Å²) in [6.45, 7) is 0. The van der Waals surface area contributed by atoms with Gasteiger partial charge in [-0.3, -0.25) is 9.20 Å². The number of pyridine rings is 1. The highest BCUT2D eigenvalue weighted by molar-refractivity contribution is 6.04. The maximum absolute atomic E-state index is 12.9. The van der Waals surface area contributed by atoms with E-state index in [2.05, 4.69) is 21.0 Å². The lowest BCUT2D eigenvalue weighted by Gasteiger charge is -2.17. The quantitative estimate of drug-likeness (QED) is 0.594. The molecule has 0 aliphatic carbocycles. The Balaban J connectivity index is 1.70. The number of benzene rings is 1. The van der Waals surface area contributed by atoms with Crippen LogP contribution in [0.15, 0.2) is 61.2 Å². The molecule has 0 aliphatic rings. The highest BCUT2D eigenvalue weighted by Gasteiger charge is 2.17. The van der Waals surface area contributed by atoms with Gasteiger partial charge in [-0.2, -0.15) is 5.26 Å². The molecule has 0 radical (unpaired) electrons. The van der Waals surface area contributed by atoms with Crippen LogP contribution in [0, 0.1) is 11.3 Å². The lowest BCUT2D eigenvalue weighted by molar-refractivity contribution is 0.0988. The maximum Gasteiger partial charge on any atom is 0.278 e. The molecule has 2 N–H and O–H groups in total. The Morgan fingerprint density at radius 2 is 1.86 bits per heavy atom. The number of carbonyl (C=O) groups excluding carboxylic acids is 1. The Morgan fingerprint density at radius 3 is 2.54 bits per heavy atom. The van der Waals surface area contributed by atoms with Gasteiger partial charge < -0.3 is 10.6 Å². The van der Waals surface area contributed by atoms with E-state index in [1.165, 1.54) is 4.90 Å². The van der Waals surface area contributed by atoms with Crippen molar-refractivity contribution in [1.29, 1.82) is 5.26 Å². The molecular formula is C20H15N7O. The minimum Gasteiger partial charge on any atom is -0.384 e. The summed E-state index contributed by atoms with van der Waals surface area (Å²) < 4.78 is 1.79. The van der Waals surface area contributed by atoms with E-state index < -0.39 is 0 Å². The van der Waals surface area contributed by atoms with Gasteiger partial charge in [0.2, 0.25) is 0 Å². The molecule has 0 bridgehead atoms. The van der Waals surface area contributed by atoms with E-state index in [0.29, 0.717) is 22.7 Å². The zero-order chi connectivity index (χ0) is 19.7. The molecule has 28 heavy (non-hydrogen) atoms. The first kappa shape index (κ1) is 17.2. The summed E-state index contributed by atoms with van der Waals surface area (Å²) in [4.78, 5) is 27.1. The van der Waals surface area contributed by atoms with Crippen LogP contribution in [-0.2, 0) is 0 Å². The van der Waals surface area contributed by atoms with Gasteiger partial charge in [-0.05, 0) is 36.4 Å². The number of aromatic nitrogens is 4. The van der Waals surface area contributed by atoms with Crippen molar-refractivity contribution >= 4 is 23.1 Å². The maximum atomic E-state index is 12.9. The van der Waals surface area contributed by atoms with Gasteiger partial charge in [0.05, 0.1) is 29.7 Å². The molecule has 0 saturated carbocycles. The number of imidazole rings is 1. The Bertz CT molecular complexity index is 1200. The largest absolute Gasteiger partial charge is 0.384 e. The van der Waals surface area contributed by atoms with Crippen molar-refractivity contribution in [3.8, 4) is 17.3 Å². The molecule has 1 amide bonds. The van der Waals surface area contributed by atoms with Crippen molar-refractivity contribution in [2.24, 2.45) is 0 Å². The highest BCUT2D eigenvalue weighted by atomic mass is 16.2. The number of nitrogen functional groups attached to an aromatic ring is 1. The van der Waals surface area contributed by atoms with Gasteiger partial charge in [-0.1, -0.05) is 0 Å². The number of hydrogen-bond acceptors (Lipinski definition) is 6. The summed E-state index contributed by atoms with van der Waals surface area (Å²) in [6, 6.07) is 12.4. The number of amides is 1. The second-order valence-electron chi connectivity index (χ2n) is 6.14. The van der Waals surface area contributed by atoms with Crippen LogP contribution in [0.3, 0.4) is 0 Å². The van der Waals surface area contributed by atoms with E-state index in [1.807, 2.05) is 6.07 Å². The van der Waals surface area contributed by atoms with Gasteiger partial charge in [-0.15, -0.1) is 0 Å². The number of rotatable bonds is 3. The molecule has 0 saturated heterocycles. The van der Waals surface area contributed by atoms with Gasteiger partial charge in [-0.25, -0.2) is 15.0 Å². The van der Waals surface area contributed by atoms with Crippen LogP contribution in [-0.4, -0.2) is 32.3 Å². The van der Waals surface area contributed by atoms with Crippen molar-refractivity contribution in [3.05, 3.63) is 72.4 Å². The van der Waals surface area contributed by atoms with E-state index in [0.717, 1.165) is 11.3 Å². The number of nitrogens with zero attached hydrogens (tertiary/aromatic N) is 6. The lowest BCUT2D eigenvalue weighted by atomic mass is 10.2. The summed E-state index contributed by atoms with van der Waals surface area (Å²) >= 11 is 0. The van der Waals surface area contributed by atoms with Gasteiger partial charge in [0.15, 0.2) is 5.65 Å². The van der Waals surface area contributed by atoms with Crippen LogP contribution in [0.1, 0.15) is 16.1 Å². The smallest absolute Gasteiger partial charge is 0.278 e. The molecule has 8 nitrogen and oxygen atoms in total. The SMILES string of the molecule is CN(C(=O)c1cn2c(-c3ccc(N)nc3)cnc2cn1)c1ccc(C#N)cc1. The van der Waals surface area contributed by atoms with Crippen LogP contribution in [0.2, 0.25) is 0 Å². The number of carbonyl (C=O) groups is 1. The average molecular weight is 369 g/mol. The van der Waals surface area contributed by atoms with Crippen LogP contribution < -0.4 is 10.6 Å². The predicted octanol–water partition coefficient (Wildman–Crippen LogP) is 2.52. The standard InChI is InChI=1S/C20H15N7O/c1-26(15-5-2-13(8-21)3-6-15)20(28)16-12-27-17(10-25-19(27)11-23-16)14-4-7-18(22)24-9-14/h2-7,9-12H,1H3,(H2,22,24). The summed E-state index contributed by atoms with van der Waals surface area (Å²) in [6.07, 6.45) is 6.55. The van der Waals surface area contributed by atoms with E-state index in [4.69, 9.17) is 11.0 Å². The minimum atomic E-state index is -0.276. The van der Waals surface area contributed by atoms with Crippen molar-refractivity contribution in [1.82, 2.24) is 19.4 Å². The minimum absolute atomic E-state index is 0.266. The van der Waals surface area contributed by atoms with Crippen LogP contribution in [0.25, 0.3) is 16.9 Å². The van der Waals surface area contributed by atoms with Crippen LogP contribution >= 0.6 is 0 Å². The number of fused-ring (bicyclic) bond motifs is 1. The molecule has 4 rings (SSSR count). The number of hydrogen-bond donors (Lipinski definition) is 1. The number of nitriles is 1. The molecule has 0 unspecified atom stereocenters. The first-order valence-electron chi connectivity index (χ1n) is 8.40. The normalized spacial score (nSPS) is 10.6. The Kier molecular flexibility index (Phi) is 4.18. The monoisotopic (exact) mass is 369 g/mol. The topological polar surface area (TPSA) is 113 Å². The molecule has 8 heteroatoms. The summed E-state index contributed by atoms with van der Waals surface area (Å²) in [5, 5.41) is 8.91. The molecule has 0 atom stereocenters. The summed E-state index contributed by atoms with van der Waals surface area (Å²) in [7, 11) is 1.66. The van der Waals surface area contributed by atoms with E-state index >= 15 is 0 Å². The lowest BCUT2D eigenvalue weighted by Crippen LogP contribution is -2.27. The molecule has 0 aliphatic heterocycles. The fourth-order valence-electron chi connectivity index (χ4n) is 2.82. The van der Waals surface area contributed by atoms with E-state index in [-0.39, 0.29) is 11.6 Å². The average Bonchev–Trinajstić information content (AvgIpc) is 3.16. The summed E-state index contributed by atoms with van der Waals surface area (Å²) in [5.41, 5.74) is 9.33. The number of nitrogens with two attached hydrogens (primary N) is 1. The third kappa shape index (κ3) is 3.01. The highest BCUT2D eigenvalue weighted by Crippen LogP contribution is 2.21. The van der Waals surface area contributed by atoms with Gasteiger partial charge in [0.1, 0.15) is 11.5 Å². The first-order valence-corrected chi connectivity index (χ1v) is 8.40. The first-order chi connectivity index (χ1) is 13.6. The number of anilines is 2. The van der Waals surface area contributed by atoms with Gasteiger partial charge in [0.25, 0.3) is 5.91 Å². The molecular weight excluding hydrogens is 354 g/mol. The van der Waals surface area contributed by atoms with Crippen molar-refractivity contribution in [2.45, 2.75) is 0 Å². The molecule has 0 fully saturated rings.